The van der Waals surface area contributed by atoms with Crippen LogP contribution in [-0.4, -0.2) is 5.11 Å². The molecule has 3 aromatic carbocycles. The molecule has 4 rings (SSSR count). The predicted octanol–water partition coefficient (Wildman–Crippen LogP) is 3.88. The Labute approximate surface area is 153 Å². The molecule has 0 amide bonds. The van der Waals surface area contributed by atoms with Crippen LogP contribution in [0.3, 0.4) is 0 Å². The molecular formula is C21H15BrNO2+. The van der Waals surface area contributed by atoms with Gasteiger partial charge in [0.15, 0.2) is 0 Å². The first kappa shape index (κ1) is 15.7. The van der Waals surface area contributed by atoms with E-state index in [1.165, 1.54) is 0 Å². The van der Waals surface area contributed by atoms with E-state index in [1.54, 1.807) is 12.1 Å². The predicted molar refractivity (Wildman–Crippen MR) is 101 cm³/mol. The van der Waals surface area contributed by atoms with Crippen LogP contribution in [0.2, 0.25) is 0 Å². The lowest BCUT2D eigenvalue weighted by Crippen LogP contribution is -2.70. The number of hydrogen-bond donors (Lipinski definition) is 2. The Kier molecular flexibility index (Phi) is 4.12. The summed E-state index contributed by atoms with van der Waals surface area (Å²) < 4.78 is 7.08. The molecule has 2 N–H and O–H groups in total. The van der Waals surface area contributed by atoms with Crippen molar-refractivity contribution in [3.05, 3.63) is 88.7 Å². The maximum Gasteiger partial charge on any atom is 0.218 e. The monoisotopic (exact) mass is 392 g/mol. The summed E-state index contributed by atoms with van der Waals surface area (Å²) in [6.45, 7) is 0. The minimum absolute atomic E-state index is 0.242. The number of halogens is 1. The molecule has 0 atom stereocenters. The second-order valence-electron chi connectivity index (χ2n) is 5.70. The van der Waals surface area contributed by atoms with Crippen molar-refractivity contribution in [1.29, 1.82) is 0 Å². The van der Waals surface area contributed by atoms with E-state index < -0.39 is 0 Å². The third kappa shape index (κ3) is 3.35. The summed E-state index contributed by atoms with van der Waals surface area (Å²) in [4.78, 5) is 3.42. The first-order chi connectivity index (χ1) is 12.2. The molecule has 3 nitrogen and oxygen atoms in total. The number of hydrogen-bond acceptors (Lipinski definition) is 2. The van der Waals surface area contributed by atoms with Gasteiger partial charge in [0, 0.05) is 22.2 Å². The van der Waals surface area contributed by atoms with Crippen molar-refractivity contribution in [3.63, 3.8) is 0 Å². The van der Waals surface area contributed by atoms with Crippen LogP contribution in [0.1, 0.15) is 0 Å². The van der Waals surface area contributed by atoms with Crippen LogP contribution in [-0.2, 0) is 0 Å². The van der Waals surface area contributed by atoms with Gasteiger partial charge < -0.3 is 9.52 Å². The fourth-order valence-corrected chi connectivity index (χ4v) is 3.07. The van der Waals surface area contributed by atoms with Gasteiger partial charge in [-0.3, -0.25) is 0 Å². The van der Waals surface area contributed by atoms with Crippen molar-refractivity contribution in [2.75, 3.05) is 0 Å². The normalized spacial score (nSPS) is 11.8. The number of benzene rings is 3. The van der Waals surface area contributed by atoms with Crippen LogP contribution in [0.5, 0.6) is 5.75 Å². The van der Waals surface area contributed by atoms with Gasteiger partial charge in [0.05, 0.1) is 11.5 Å². The number of phenolic OH excluding ortho intramolecular Hbond substituents is 1. The third-order valence-corrected chi connectivity index (χ3v) is 4.42. The smallest absolute Gasteiger partial charge is 0.218 e. The van der Waals surface area contributed by atoms with E-state index in [-0.39, 0.29) is 5.75 Å². The molecule has 0 saturated carbocycles. The Morgan fingerprint density at radius 1 is 0.840 bits per heavy atom. The number of fused-ring (bicyclic) bond motifs is 1. The maximum absolute atomic E-state index is 9.47. The van der Waals surface area contributed by atoms with Gasteiger partial charge in [0.2, 0.25) is 11.0 Å². The zero-order valence-corrected chi connectivity index (χ0v) is 14.8. The standard InChI is InChI=1S/C21H14BrNO2/c22-15-6-11-20-18(12-15)19(23-16-7-9-17(24)10-8-16)13-21(25-20)14-4-2-1-3-5-14/h1-13,24H/p+1. The molecule has 0 aliphatic heterocycles. The van der Waals surface area contributed by atoms with Crippen molar-refractivity contribution in [2.45, 2.75) is 0 Å². The largest absolute Gasteiger partial charge is 0.508 e. The second kappa shape index (κ2) is 6.57. The van der Waals surface area contributed by atoms with E-state index in [9.17, 15) is 5.11 Å². The van der Waals surface area contributed by atoms with Crippen molar-refractivity contribution < 1.29 is 14.5 Å². The number of phenols is 1. The van der Waals surface area contributed by atoms with E-state index in [4.69, 9.17) is 4.42 Å². The van der Waals surface area contributed by atoms with E-state index in [0.29, 0.717) is 0 Å². The Bertz CT molecular complexity index is 1100. The van der Waals surface area contributed by atoms with Gasteiger partial charge in [-0.25, -0.2) is 4.99 Å². The van der Waals surface area contributed by atoms with Crippen molar-refractivity contribution in [1.82, 2.24) is 0 Å². The van der Waals surface area contributed by atoms with E-state index in [0.717, 1.165) is 37.8 Å². The Hall–Kier alpha value is -2.85. The van der Waals surface area contributed by atoms with Gasteiger partial charge in [-0.15, -0.1) is 0 Å². The highest BCUT2D eigenvalue weighted by atomic mass is 79.9. The molecule has 0 aliphatic rings. The zero-order chi connectivity index (χ0) is 17.2. The Morgan fingerprint density at radius 2 is 1.60 bits per heavy atom. The fraction of sp³-hybridized carbons (Fsp3) is 0. The zero-order valence-electron chi connectivity index (χ0n) is 13.2. The van der Waals surface area contributed by atoms with Crippen LogP contribution < -0.4 is 10.3 Å². The first-order valence-corrected chi connectivity index (χ1v) is 8.66. The van der Waals surface area contributed by atoms with Crippen LogP contribution in [0.4, 0.5) is 5.69 Å². The van der Waals surface area contributed by atoms with E-state index in [1.807, 2.05) is 66.7 Å². The Morgan fingerprint density at radius 3 is 2.36 bits per heavy atom. The Balaban J connectivity index is 2.00. The molecule has 0 fully saturated rings. The van der Waals surface area contributed by atoms with Gasteiger partial charge in [-0.2, -0.15) is 0 Å². The SMILES string of the molecule is Oc1ccc([NH+]=c2cc(-c3ccccc3)oc3ccc(Br)cc23)cc1. The highest BCUT2D eigenvalue weighted by Gasteiger charge is 2.10. The van der Waals surface area contributed by atoms with Crippen LogP contribution in [0.15, 0.2) is 87.8 Å². The summed E-state index contributed by atoms with van der Waals surface area (Å²) in [6.07, 6.45) is 0. The fourth-order valence-electron chi connectivity index (χ4n) is 2.71. The number of nitrogens with one attached hydrogen (secondary N) is 1. The van der Waals surface area contributed by atoms with Crippen molar-refractivity contribution in [3.8, 4) is 17.1 Å². The van der Waals surface area contributed by atoms with Crippen molar-refractivity contribution >= 4 is 32.6 Å². The lowest BCUT2D eigenvalue weighted by molar-refractivity contribution is -0.400. The topological polar surface area (TPSA) is 47.3 Å². The summed E-state index contributed by atoms with van der Waals surface area (Å²) >= 11 is 3.52. The molecule has 4 aromatic rings. The third-order valence-electron chi connectivity index (χ3n) is 3.93. The van der Waals surface area contributed by atoms with Gasteiger partial charge in [-0.05, 0) is 30.3 Å². The molecule has 25 heavy (non-hydrogen) atoms. The summed E-state index contributed by atoms with van der Waals surface area (Å²) in [5.74, 6) is 1.03. The first-order valence-electron chi connectivity index (χ1n) is 7.87. The summed E-state index contributed by atoms with van der Waals surface area (Å²) in [6, 6.07) is 24.9. The maximum atomic E-state index is 9.47. The molecular weight excluding hydrogens is 378 g/mol. The summed E-state index contributed by atoms with van der Waals surface area (Å²) in [7, 11) is 0. The minimum atomic E-state index is 0.242. The quantitative estimate of drug-likeness (QED) is 0.508. The average molecular weight is 393 g/mol. The lowest BCUT2D eigenvalue weighted by atomic mass is 10.1. The minimum Gasteiger partial charge on any atom is -0.508 e. The lowest BCUT2D eigenvalue weighted by Gasteiger charge is -2.03. The molecule has 1 heterocycles. The van der Waals surface area contributed by atoms with Gasteiger partial charge in [0.1, 0.15) is 17.1 Å². The molecule has 0 unspecified atom stereocenters. The van der Waals surface area contributed by atoms with E-state index >= 15 is 0 Å². The average Bonchev–Trinajstić information content (AvgIpc) is 2.64. The highest BCUT2D eigenvalue weighted by Crippen LogP contribution is 2.23. The second-order valence-corrected chi connectivity index (χ2v) is 6.62. The van der Waals surface area contributed by atoms with Gasteiger partial charge in [0.25, 0.3) is 0 Å². The van der Waals surface area contributed by atoms with Crippen LogP contribution in [0, 0.1) is 0 Å². The molecule has 0 aliphatic carbocycles. The summed E-state index contributed by atoms with van der Waals surface area (Å²) in [5.41, 5.74) is 2.70. The van der Waals surface area contributed by atoms with Gasteiger partial charge >= 0.3 is 0 Å². The molecule has 1 aromatic heterocycles. The van der Waals surface area contributed by atoms with Crippen LogP contribution in [0.25, 0.3) is 22.3 Å². The number of aromatic hydroxyl groups is 1. The molecule has 0 radical (unpaired) electrons. The molecule has 0 spiro atoms. The number of rotatable bonds is 2. The highest BCUT2D eigenvalue weighted by molar-refractivity contribution is 9.10. The van der Waals surface area contributed by atoms with Gasteiger partial charge in [-0.1, -0.05) is 46.3 Å². The van der Waals surface area contributed by atoms with Crippen molar-refractivity contribution in [2.24, 2.45) is 0 Å². The molecule has 0 saturated heterocycles. The molecule has 0 bridgehead atoms. The summed E-state index contributed by atoms with van der Waals surface area (Å²) in [5, 5.41) is 11.4. The van der Waals surface area contributed by atoms with Crippen LogP contribution >= 0.6 is 15.9 Å². The van der Waals surface area contributed by atoms with E-state index in [2.05, 4.69) is 20.9 Å². The molecule has 4 heteroatoms. The molecule has 122 valence electrons.